The number of hydrogen-bond acceptors (Lipinski definition) is 4. The number of nitrogens with two attached hydrogens (primary N) is 1. The smallest absolute Gasteiger partial charge is 0.276 e. The summed E-state index contributed by atoms with van der Waals surface area (Å²) in [6, 6.07) is 4.98. The fourth-order valence-corrected chi connectivity index (χ4v) is 2.62. The van der Waals surface area contributed by atoms with E-state index >= 15 is 0 Å². The fourth-order valence-electron chi connectivity index (χ4n) is 2.62. The second-order valence-electron chi connectivity index (χ2n) is 5.30. The molecule has 7 nitrogen and oxygen atoms in total. The van der Waals surface area contributed by atoms with Crippen molar-refractivity contribution in [3.8, 4) is 0 Å². The number of aromatic nitrogens is 2. The maximum atomic E-state index is 12.4. The zero-order valence-electron chi connectivity index (χ0n) is 12.2. The minimum atomic E-state index is -0.483. The number of anilines is 1. The molecular weight excluding hydrogens is 282 g/mol. The molecule has 2 amide bonds. The van der Waals surface area contributed by atoms with E-state index in [4.69, 9.17) is 5.73 Å². The number of fused-ring (bicyclic) bond motifs is 1. The largest absolute Gasteiger partial charge is 0.366 e. The summed E-state index contributed by atoms with van der Waals surface area (Å²) in [5.41, 5.74) is 9.36. The lowest BCUT2D eigenvalue weighted by molar-refractivity contribution is 0.0997. The molecule has 0 bridgehead atoms. The summed E-state index contributed by atoms with van der Waals surface area (Å²) in [6.45, 7) is 3.29. The number of amides is 2. The van der Waals surface area contributed by atoms with Crippen molar-refractivity contribution in [2.75, 3.05) is 11.9 Å². The van der Waals surface area contributed by atoms with Crippen molar-refractivity contribution in [3.63, 3.8) is 0 Å². The Morgan fingerprint density at radius 1 is 1.36 bits per heavy atom. The van der Waals surface area contributed by atoms with E-state index in [2.05, 4.69) is 20.8 Å². The van der Waals surface area contributed by atoms with Crippen molar-refractivity contribution >= 4 is 17.5 Å². The van der Waals surface area contributed by atoms with Gasteiger partial charge in [0.05, 0.1) is 0 Å². The number of nitrogens with zero attached hydrogens (tertiary/aromatic N) is 1. The maximum Gasteiger partial charge on any atom is 0.276 e. The van der Waals surface area contributed by atoms with Gasteiger partial charge in [-0.2, -0.15) is 5.10 Å². The molecule has 0 spiro atoms. The molecule has 0 saturated heterocycles. The third kappa shape index (κ3) is 2.58. The van der Waals surface area contributed by atoms with Gasteiger partial charge in [-0.05, 0) is 30.7 Å². The van der Waals surface area contributed by atoms with Gasteiger partial charge in [0.25, 0.3) is 5.91 Å². The average Bonchev–Trinajstić information content (AvgIpc) is 2.91. The number of benzene rings is 1. The van der Waals surface area contributed by atoms with Crippen LogP contribution in [-0.2, 0) is 13.0 Å². The molecule has 0 radical (unpaired) electrons. The van der Waals surface area contributed by atoms with Crippen LogP contribution < -0.4 is 16.4 Å². The minimum Gasteiger partial charge on any atom is -0.366 e. The van der Waals surface area contributed by atoms with Gasteiger partial charge in [-0.3, -0.25) is 14.7 Å². The predicted octanol–water partition coefficient (Wildman–Crippen LogP) is 0.715. The normalized spacial score (nSPS) is 13.5. The van der Waals surface area contributed by atoms with Gasteiger partial charge in [0, 0.05) is 42.0 Å². The highest BCUT2D eigenvalue weighted by Crippen LogP contribution is 2.19. The number of rotatable bonds is 3. The molecule has 1 aliphatic rings. The van der Waals surface area contributed by atoms with Crippen LogP contribution in [0.25, 0.3) is 0 Å². The first-order valence-electron chi connectivity index (χ1n) is 7.05. The Balaban J connectivity index is 1.81. The van der Waals surface area contributed by atoms with Gasteiger partial charge >= 0.3 is 0 Å². The molecule has 7 heteroatoms. The Bertz CT molecular complexity index is 750. The highest BCUT2D eigenvalue weighted by Gasteiger charge is 2.21. The average molecular weight is 299 g/mol. The van der Waals surface area contributed by atoms with Gasteiger partial charge in [-0.1, -0.05) is 0 Å². The Labute approximate surface area is 127 Å². The van der Waals surface area contributed by atoms with Crippen molar-refractivity contribution in [1.82, 2.24) is 15.5 Å². The Hall–Kier alpha value is -2.67. The van der Waals surface area contributed by atoms with Gasteiger partial charge in [-0.25, -0.2) is 0 Å². The van der Waals surface area contributed by atoms with E-state index in [1.54, 1.807) is 25.1 Å². The Morgan fingerprint density at radius 3 is 2.91 bits per heavy atom. The van der Waals surface area contributed by atoms with Crippen molar-refractivity contribution in [2.24, 2.45) is 5.73 Å². The summed E-state index contributed by atoms with van der Waals surface area (Å²) in [5.74, 6) is -0.754. The third-order valence-electron chi connectivity index (χ3n) is 3.77. The zero-order valence-corrected chi connectivity index (χ0v) is 12.2. The van der Waals surface area contributed by atoms with Crippen LogP contribution in [-0.4, -0.2) is 28.6 Å². The predicted molar refractivity (Wildman–Crippen MR) is 81.6 cm³/mol. The van der Waals surface area contributed by atoms with E-state index in [1.807, 2.05) is 0 Å². The Morgan fingerprint density at radius 2 is 2.18 bits per heavy atom. The molecule has 0 aliphatic carbocycles. The highest BCUT2D eigenvalue weighted by atomic mass is 16.2. The topological polar surface area (TPSA) is 113 Å². The SMILES string of the molecule is Cc1cc(NC(=O)c2n[nH]c3c2CNCC3)ccc1C(N)=O. The maximum absolute atomic E-state index is 12.4. The van der Waals surface area contributed by atoms with Gasteiger partial charge in [0.15, 0.2) is 5.69 Å². The second-order valence-corrected chi connectivity index (χ2v) is 5.30. The van der Waals surface area contributed by atoms with Gasteiger partial charge in [0.2, 0.25) is 5.91 Å². The molecule has 3 rings (SSSR count). The molecule has 1 aromatic heterocycles. The summed E-state index contributed by atoms with van der Waals surface area (Å²) in [5, 5.41) is 13.1. The van der Waals surface area contributed by atoms with Gasteiger partial charge in [-0.15, -0.1) is 0 Å². The quantitative estimate of drug-likeness (QED) is 0.668. The molecule has 1 aliphatic heterocycles. The van der Waals surface area contributed by atoms with E-state index in [9.17, 15) is 9.59 Å². The van der Waals surface area contributed by atoms with E-state index in [0.29, 0.717) is 23.5 Å². The summed E-state index contributed by atoms with van der Waals surface area (Å²) in [7, 11) is 0. The highest BCUT2D eigenvalue weighted by molar-refractivity contribution is 6.04. The molecule has 2 aromatic rings. The molecule has 0 saturated carbocycles. The number of H-pyrrole nitrogens is 1. The molecule has 22 heavy (non-hydrogen) atoms. The van der Waals surface area contributed by atoms with Crippen LogP contribution in [0.1, 0.15) is 37.7 Å². The van der Waals surface area contributed by atoms with E-state index in [-0.39, 0.29) is 5.91 Å². The lowest BCUT2D eigenvalue weighted by atomic mass is 10.1. The lowest BCUT2D eigenvalue weighted by Gasteiger charge is -2.13. The first-order chi connectivity index (χ1) is 10.6. The summed E-state index contributed by atoms with van der Waals surface area (Å²) >= 11 is 0. The molecule has 114 valence electrons. The molecule has 5 N–H and O–H groups in total. The van der Waals surface area contributed by atoms with Crippen LogP contribution in [0.15, 0.2) is 18.2 Å². The zero-order chi connectivity index (χ0) is 15.7. The van der Waals surface area contributed by atoms with Crippen LogP contribution >= 0.6 is 0 Å². The van der Waals surface area contributed by atoms with Crippen LogP contribution in [0.3, 0.4) is 0 Å². The number of nitrogens with one attached hydrogen (secondary N) is 3. The van der Waals surface area contributed by atoms with Crippen molar-refractivity contribution in [2.45, 2.75) is 19.9 Å². The van der Waals surface area contributed by atoms with E-state index in [1.165, 1.54) is 0 Å². The number of carbonyl (C=O) groups excluding carboxylic acids is 2. The number of aromatic amines is 1. The first kappa shape index (κ1) is 14.3. The van der Waals surface area contributed by atoms with Crippen LogP contribution in [0.4, 0.5) is 5.69 Å². The Kier molecular flexibility index (Phi) is 3.64. The second kappa shape index (κ2) is 5.61. The first-order valence-corrected chi connectivity index (χ1v) is 7.05. The number of aryl methyl sites for hydroxylation is 1. The number of carbonyl (C=O) groups is 2. The number of primary amides is 1. The van der Waals surface area contributed by atoms with Gasteiger partial charge < -0.3 is 16.4 Å². The molecule has 0 fully saturated rings. The standard InChI is InChI=1S/C15H17N5O2/c1-8-6-9(2-3-10(8)14(16)21)18-15(22)13-11-7-17-5-4-12(11)19-20-13/h2-3,6,17H,4-5,7H2,1H3,(H2,16,21)(H,18,22)(H,19,20). The van der Waals surface area contributed by atoms with E-state index < -0.39 is 5.91 Å². The summed E-state index contributed by atoms with van der Waals surface area (Å²) in [4.78, 5) is 23.6. The molecular formula is C15H17N5O2. The third-order valence-corrected chi connectivity index (χ3v) is 3.77. The molecule has 0 atom stereocenters. The van der Waals surface area contributed by atoms with Crippen molar-refractivity contribution in [1.29, 1.82) is 0 Å². The molecule has 0 unspecified atom stereocenters. The summed E-state index contributed by atoms with van der Waals surface area (Å²) in [6.07, 6.45) is 0.835. The minimum absolute atomic E-state index is 0.271. The molecule has 1 aromatic carbocycles. The van der Waals surface area contributed by atoms with Crippen LogP contribution in [0.2, 0.25) is 0 Å². The lowest BCUT2D eigenvalue weighted by Crippen LogP contribution is -2.25. The van der Waals surface area contributed by atoms with Crippen molar-refractivity contribution < 1.29 is 9.59 Å². The van der Waals surface area contributed by atoms with E-state index in [0.717, 1.165) is 29.8 Å². The summed E-state index contributed by atoms with van der Waals surface area (Å²) < 4.78 is 0. The van der Waals surface area contributed by atoms with Crippen LogP contribution in [0.5, 0.6) is 0 Å². The van der Waals surface area contributed by atoms with Crippen molar-refractivity contribution in [3.05, 3.63) is 46.3 Å². The van der Waals surface area contributed by atoms with Crippen LogP contribution in [0, 0.1) is 6.92 Å². The number of hydrogen-bond donors (Lipinski definition) is 4. The monoisotopic (exact) mass is 299 g/mol. The van der Waals surface area contributed by atoms with Gasteiger partial charge in [0.1, 0.15) is 0 Å². The molecule has 2 heterocycles. The fraction of sp³-hybridized carbons (Fsp3) is 0.267.